The Hall–Kier alpha value is -5.08. The van der Waals surface area contributed by atoms with Gasteiger partial charge in [0.15, 0.2) is 0 Å². The van der Waals surface area contributed by atoms with Crippen molar-refractivity contribution in [2.75, 3.05) is 55.4 Å². The lowest BCUT2D eigenvalue weighted by Crippen LogP contribution is -2.33. The maximum Gasteiger partial charge on any atom is 0.218 e. The fourth-order valence-electron chi connectivity index (χ4n) is 7.48. The average Bonchev–Trinajstić information content (AvgIpc) is 3.80. The Bertz CT molecular complexity index is 2640. The molecule has 2 N–H and O–H groups in total. The van der Waals surface area contributed by atoms with Crippen molar-refractivity contribution >= 4 is 41.9 Å². The number of hydrogen-bond acceptors (Lipinski definition) is 6. The van der Waals surface area contributed by atoms with Gasteiger partial charge in [-0.05, 0) is 111 Å². The average molecular weight is 847 g/mol. The van der Waals surface area contributed by atoms with Gasteiger partial charge in [-0.15, -0.1) is 0 Å². The molecule has 0 aliphatic carbocycles. The lowest BCUT2D eigenvalue weighted by atomic mass is 9.99. The molecule has 7 rings (SSSR count). The van der Waals surface area contributed by atoms with Crippen molar-refractivity contribution in [2.24, 2.45) is 0 Å². The highest BCUT2D eigenvalue weighted by atomic mass is 32.2. The molecule has 2 heterocycles. The molecule has 5 aromatic carbocycles. The molecule has 0 fully saturated rings. The number of nitrogens with zero attached hydrogens (tertiary/aromatic N) is 4. The molecule has 316 valence electrons. The fourth-order valence-corrected chi connectivity index (χ4v) is 9.61. The highest BCUT2D eigenvalue weighted by Gasteiger charge is 2.29. The van der Waals surface area contributed by atoms with Crippen LogP contribution in [0.2, 0.25) is 0 Å². The maximum absolute atomic E-state index is 13.9. The van der Waals surface area contributed by atoms with E-state index in [-0.39, 0.29) is 11.5 Å². The fraction of sp³-hybridized carbons (Fsp3) is 0.292. The van der Waals surface area contributed by atoms with Gasteiger partial charge < -0.3 is 19.4 Å². The Morgan fingerprint density at radius 1 is 0.617 bits per heavy atom. The molecule has 0 aliphatic rings. The molecule has 0 saturated carbocycles. The van der Waals surface area contributed by atoms with E-state index in [0.717, 1.165) is 76.5 Å². The van der Waals surface area contributed by atoms with E-state index >= 15 is 0 Å². The number of likely N-dealkylation sites (N-methyl/N-ethyl adjacent to an activating group) is 2. The first kappa shape index (κ1) is 44.5. The molecule has 0 amide bonds. The minimum atomic E-state index is -3.64. The molecule has 0 aliphatic heterocycles. The highest BCUT2D eigenvalue weighted by molar-refractivity contribution is 7.88. The van der Waals surface area contributed by atoms with Crippen molar-refractivity contribution in [2.45, 2.75) is 36.9 Å². The minimum Gasteiger partial charge on any atom is -0.361 e. The van der Waals surface area contributed by atoms with Crippen molar-refractivity contribution in [1.82, 2.24) is 28.4 Å². The topological polar surface area (TPSA) is 111 Å². The van der Waals surface area contributed by atoms with E-state index < -0.39 is 26.1 Å². The number of fused-ring (bicyclic) bond motifs is 2. The van der Waals surface area contributed by atoms with Gasteiger partial charge in [-0.25, -0.2) is 21.6 Å². The van der Waals surface area contributed by atoms with E-state index in [1.165, 1.54) is 28.0 Å². The molecular formula is C48H58N6O4S2. The standard InChI is InChI=1S/C34H37N3O2S.C14H21N3O2S/c1-35(2)22-21-31-25-37(24-27-13-7-4-8-14-27)33-20-19-28(23-32(31)33)26-40(38,39)36(3)34(29-15-9-5-10-16-29)30-17-11-6-12-18-30;1-15-20(18,19)10-11-4-5-14-13(8-11)12(9-16-14)6-7-17(2)3/h4-20,23,25,34H,21-22,24,26H2,1-3H3;4-5,8-9,15-16H,6-7,10H2,1-3H3. The largest absolute Gasteiger partial charge is 0.361 e. The zero-order chi connectivity index (χ0) is 42.9. The van der Waals surface area contributed by atoms with Gasteiger partial charge in [-0.3, -0.25) is 0 Å². The van der Waals surface area contributed by atoms with Gasteiger partial charge in [0, 0.05) is 60.9 Å². The van der Waals surface area contributed by atoms with Gasteiger partial charge in [-0.1, -0.05) is 103 Å². The lowest BCUT2D eigenvalue weighted by Gasteiger charge is -2.28. The van der Waals surface area contributed by atoms with Crippen LogP contribution in [0.25, 0.3) is 21.8 Å². The first-order valence-electron chi connectivity index (χ1n) is 20.2. The summed E-state index contributed by atoms with van der Waals surface area (Å²) in [7, 11) is 4.49. The number of nitrogens with one attached hydrogen (secondary N) is 2. The van der Waals surface area contributed by atoms with E-state index in [1.54, 1.807) is 7.05 Å². The van der Waals surface area contributed by atoms with Crippen LogP contribution in [0.5, 0.6) is 0 Å². The van der Waals surface area contributed by atoms with Crippen LogP contribution >= 0.6 is 0 Å². The summed E-state index contributed by atoms with van der Waals surface area (Å²) in [5, 5.41) is 2.23. The zero-order valence-corrected chi connectivity index (χ0v) is 37.2. The van der Waals surface area contributed by atoms with Crippen molar-refractivity contribution in [3.63, 3.8) is 0 Å². The molecule has 10 nitrogen and oxygen atoms in total. The van der Waals surface area contributed by atoms with Crippen molar-refractivity contribution in [3.8, 4) is 0 Å². The van der Waals surface area contributed by atoms with Crippen LogP contribution in [-0.2, 0) is 50.9 Å². The molecule has 0 spiro atoms. The van der Waals surface area contributed by atoms with Crippen LogP contribution in [0, 0.1) is 0 Å². The Kier molecular flexibility index (Phi) is 14.8. The molecule has 7 aromatic rings. The highest BCUT2D eigenvalue weighted by Crippen LogP contribution is 2.32. The van der Waals surface area contributed by atoms with Crippen LogP contribution in [-0.4, -0.2) is 95.9 Å². The molecule has 0 bridgehead atoms. The molecule has 0 atom stereocenters. The summed E-state index contributed by atoms with van der Waals surface area (Å²) in [5.41, 5.74) is 9.34. The number of rotatable bonds is 17. The molecule has 0 radical (unpaired) electrons. The van der Waals surface area contributed by atoms with E-state index in [4.69, 9.17) is 0 Å². The third kappa shape index (κ3) is 11.6. The quantitative estimate of drug-likeness (QED) is 0.0975. The van der Waals surface area contributed by atoms with Crippen LogP contribution in [0.4, 0.5) is 0 Å². The minimum absolute atomic E-state index is 0.0116. The number of aromatic nitrogens is 2. The van der Waals surface area contributed by atoms with E-state index in [1.807, 2.05) is 111 Å². The number of hydrogen-bond donors (Lipinski definition) is 2. The number of benzene rings is 5. The third-order valence-electron chi connectivity index (χ3n) is 10.8. The lowest BCUT2D eigenvalue weighted by molar-refractivity contribution is 0.414. The predicted molar refractivity (Wildman–Crippen MR) is 247 cm³/mol. The van der Waals surface area contributed by atoms with Crippen molar-refractivity contribution < 1.29 is 16.8 Å². The second-order valence-corrected chi connectivity index (χ2v) is 19.8. The second kappa shape index (κ2) is 20.0. The second-order valence-electron chi connectivity index (χ2n) is 15.9. The Balaban J connectivity index is 0.000000253. The summed E-state index contributed by atoms with van der Waals surface area (Å²) >= 11 is 0. The van der Waals surface area contributed by atoms with Gasteiger partial charge in [0.1, 0.15) is 0 Å². The molecule has 0 saturated heterocycles. The first-order chi connectivity index (χ1) is 28.7. The Morgan fingerprint density at radius 2 is 1.15 bits per heavy atom. The predicted octanol–water partition coefficient (Wildman–Crippen LogP) is 7.67. The van der Waals surface area contributed by atoms with Crippen LogP contribution in [0.1, 0.15) is 45.0 Å². The summed E-state index contributed by atoms with van der Waals surface area (Å²) < 4.78 is 57.1. The third-order valence-corrected chi connectivity index (χ3v) is 13.9. The van der Waals surface area contributed by atoms with Gasteiger partial charge in [0.25, 0.3) is 0 Å². The summed E-state index contributed by atoms with van der Waals surface area (Å²) in [4.78, 5) is 7.54. The summed E-state index contributed by atoms with van der Waals surface area (Å²) in [6.07, 6.45) is 6.07. The van der Waals surface area contributed by atoms with Crippen molar-refractivity contribution in [3.05, 3.63) is 179 Å². The smallest absolute Gasteiger partial charge is 0.218 e. The summed E-state index contributed by atoms with van der Waals surface area (Å²) in [6.45, 7) is 2.66. The van der Waals surface area contributed by atoms with Gasteiger partial charge in [0.2, 0.25) is 20.0 Å². The van der Waals surface area contributed by atoms with Crippen molar-refractivity contribution in [1.29, 1.82) is 0 Å². The van der Waals surface area contributed by atoms with Crippen LogP contribution in [0.3, 0.4) is 0 Å². The molecule has 60 heavy (non-hydrogen) atoms. The van der Waals surface area contributed by atoms with Gasteiger partial charge in [0.05, 0.1) is 17.5 Å². The molecule has 0 unspecified atom stereocenters. The van der Waals surface area contributed by atoms with Crippen LogP contribution < -0.4 is 4.72 Å². The summed E-state index contributed by atoms with van der Waals surface area (Å²) in [6, 6.07) is 41.6. The molecule has 2 aromatic heterocycles. The SMILES string of the molecule is CN(C)CCc1cn(Cc2ccccc2)c2ccc(CS(=O)(=O)N(C)C(c3ccccc3)c3ccccc3)cc12.CNS(=O)(=O)Cc1ccc2[nH]cc(CCN(C)C)c2c1. The zero-order valence-electron chi connectivity index (χ0n) is 35.5. The number of aromatic amines is 1. The van der Waals surface area contributed by atoms with E-state index in [0.29, 0.717) is 0 Å². The Labute approximate surface area is 356 Å². The normalized spacial score (nSPS) is 12.2. The maximum atomic E-state index is 13.9. The van der Waals surface area contributed by atoms with E-state index in [9.17, 15) is 16.8 Å². The first-order valence-corrected chi connectivity index (χ1v) is 23.5. The number of sulfonamides is 2. The van der Waals surface area contributed by atoms with Gasteiger partial charge in [-0.2, -0.15) is 4.31 Å². The molecule has 12 heteroatoms. The Morgan fingerprint density at radius 3 is 1.73 bits per heavy atom. The van der Waals surface area contributed by atoms with Gasteiger partial charge >= 0.3 is 0 Å². The molecular weight excluding hydrogens is 789 g/mol. The summed E-state index contributed by atoms with van der Waals surface area (Å²) in [5.74, 6) is -0.0513. The van der Waals surface area contributed by atoms with E-state index in [2.05, 4.69) is 80.8 Å². The number of H-pyrrole nitrogens is 1. The van der Waals surface area contributed by atoms with Crippen LogP contribution in [0.15, 0.2) is 140 Å². The monoisotopic (exact) mass is 846 g/mol.